The second-order valence-corrected chi connectivity index (χ2v) is 7.11. The maximum absolute atomic E-state index is 11.3. The van der Waals surface area contributed by atoms with Gasteiger partial charge in [0.1, 0.15) is 11.7 Å². The third-order valence-corrected chi connectivity index (χ3v) is 6.01. The number of rotatable bonds is 12. The number of carbonyl (C=O) groups excluding carboxylic acids is 1. The summed E-state index contributed by atoms with van der Waals surface area (Å²) in [6.45, 7) is 8.38. The first-order valence-corrected chi connectivity index (χ1v) is 9.00. The maximum Gasteiger partial charge on any atom is 0.500 e. The molecular formula is C13H26O6Si. The van der Waals surface area contributed by atoms with Crippen LogP contribution < -0.4 is 0 Å². The minimum absolute atomic E-state index is 0.284. The van der Waals surface area contributed by atoms with E-state index < -0.39 is 20.7 Å². The highest BCUT2D eigenvalue weighted by Crippen LogP contribution is 2.21. The van der Waals surface area contributed by atoms with Crippen molar-refractivity contribution in [2.45, 2.75) is 46.6 Å². The molecule has 1 N–H and O–H groups in total. The molecule has 0 saturated carbocycles. The molecule has 7 heteroatoms. The van der Waals surface area contributed by atoms with Gasteiger partial charge in [-0.1, -0.05) is 0 Å². The molecule has 0 saturated heterocycles. The van der Waals surface area contributed by atoms with Crippen molar-refractivity contribution >= 4 is 20.6 Å². The summed E-state index contributed by atoms with van der Waals surface area (Å²) in [6.07, 6.45) is 0.815. The molecule has 0 aliphatic heterocycles. The van der Waals surface area contributed by atoms with Crippen LogP contribution in [0.4, 0.5) is 0 Å². The van der Waals surface area contributed by atoms with Crippen LogP contribution in [-0.4, -0.2) is 45.5 Å². The maximum atomic E-state index is 11.3. The van der Waals surface area contributed by atoms with Crippen molar-refractivity contribution in [3.8, 4) is 0 Å². The third-order valence-electron chi connectivity index (χ3n) is 2.86. The van der Waals surface area contributed by atoms with Gasteiger partial charge in [0.2, 0.25) is 0 Å². The van der Waals surface area contributed by atoms with Crippen LogP contribution in [0.2, 0.25) is 6.04 Å². The van der Waals surface area contributed by atoms with Gasteiger partial charge in [-0.3, -0.25) is 9.59 Å². The van der Waals surface area contributed by atoms with Crippen molar-refractivity contribution in [2.75, 3.05) is 19.8 Å². The van der Waals surface area contributed by atoms with Crippen LogP contribution in [0, 0.1) is 5.92 Å². The monoisotopic (exact) mass is 306 g/mol. The summed E-state index contributed by atoms with van der Waals surface area (Å²) >= 11 is 0. The minimum Gasteiger partial charge on any atom is -0.481 e. The highest BCUT2D eigenvalue weighted by molar-refractivity contribution is 6.60. The minimum atomic E-state index is -2.74. The first-order chi connectivity index (χ1) is 9.42. The second-order valence-electron chi connectivity index (χ2n) is 4.38. The molecule has 0 aliphatic carbocycles. The van der Waals surface area contributed by atoms with Gasteiger partial charge >= 0.3 is 14.8 Å². The predicted octanol–water partition coefficient (Wildman–Crippen LogP) is 2.10. The van der Waals surface area contributed by atoms with E-state index in [4.69, 9.17) is 18.4 Å². The molecule has 0 heterocycles. The Morgan fingerprint density at radius 3 is 1.80 bits per heavy atom. The SMILES string of the molecule is CCO[Si](CCCC(C(C)=O)C(=O)O)(OCC)OCC. The smallest absolute Gasteiger partial charge is 0.481 e. The van der Waals surface area contributed by atoms with E-state index in [1.807, 2.05) is 20.8 Å². The van der Waals surface area contributed by atoms with Gasteiger partial charge in [-0.25, -0.2) is 0 Å². The average Bonchev–Trinajstić information content (AvgIpc) is 2.34. The zero-order chi connectivity index (χ0) is 15.6. The van der Waals surface area contributed by atoms with Crippen molar-refractivity contribution < 1.29 is 28.0 Å². The first-order valence-electron chi connectivity index (χ1n) is 7.07. The summed E-state index contributed by atoms with van der Waals surface area (Å²) in [4.78, 5) is 22.2. The number of carbonyl (C=O) groups is 2. The number of aliphatic carboxylic acids is 1. The van der Waals surface area contributed by atoms with E-state index in [9.17, 15) is 9.59 Å². The molecular weight excluding hydrogens is 280 g/mol. The zero-order valence-corrected chi connectivity index (χ0v) is 13.8. The van der Waals surface area contributed by atoms with Gasteiger partial charge in [0.25, 0.3) is 0 Å². The van der Waals surface area contributed by atoms with Gasteiger partial charge in [0.15, 0.2) is 0 Å². The molecule has 0 aromatic heterocycles. The molecule has 1 unspecified atom stereocenters. The van der Waals surface area contributed by atoms with Gasteiger partial charge in [-0.05, 0) is 40.5 Å². The lowest BCUT2D eigenvalue weighted by Gasteiger charge is -2.28. The van der Waals surface area contributed by atoms with Crippen LogP contribution in [0.3, 0.4) is 0 Å². The molecule has 118 valence electrons. The second kappa shape index (κ2) is 10.0. The van der Waals surface area contributed by atoms with Crippen LogP contribution in [0.1, 0.15) is 40.5 Å². The fourth-order valence-electron chi connectivity index (χ4n) is 2.02. The Hall–Kier alpha value is -0.763. The van der Waals surface area contributed by atoms with Crippen LogP contribution in [-0.2, 0) is 22.9 Å². The summed E-state index contributed by atoms with van der Waals surface area (Å²) in [5, 5.41) is 8.98. The lowest BCUT2D eigenvalue weighted by atomic mass is 10.0. The van der Waals surface area contributed by atoms with E-state index >= 15 is 0 Å². The van der Waals surface area contributed by atoms with Gasteiger partial charge in [0.05, 0.1) is 0 Å². The summed E-state index contributed by atoms with van der Waals surface area (Å²) in [5.41, 5.74) is 0. The van der Waals surface area contributed by atoms with E-state index in [1.165, 1.54) is 6.92 Å². The molecule has 0 amide bonds. The molecule has 0 aromatic rings. The highest BCUT2D eigenvalue weighted by atomic mass is 28.4. The summed E-state index contributed by atoms with van der Waals surface area (Å²) in [7, 11) is -2.74. The van der Waals surface area contributed by atoms with Crippen molar-refractivity contribution in [3.63, 3.8) is 0 Å². The lowest BCUT2D eigenvalue weighted by molar-refractivity contribution is -0.146. The van der Waals surface area contributed by atoms with Crippen LogP contribution in [0.15, 0.2) is 0 Å². The van der Waals surface area contributed by atoms with Gasteiger partial charge < -0.3 is 18.4 Å². The molecule has 0 bridgehead atoms. The predicted molar refractivity (Wildman–Crippen MR) is 76.5 cm³/mol. The number of hydrogen-bond acceptors (Lipinski definition) is 5. The van der Waals surface area contributed by atoms with E-state index in [2.05, 4.69) is 0 Å². The number of ketones is 1. The van der Waals surface area contributed by atoms with Crippen LogP contribution in [0.25, 0.3) is 0 Å². The molecule has 0 aliphatic rings. The van der Waals surface area contributed by atoms with Crippen molar-refractivity contribution in [2.24, 2.45) is 5.92 Å². The van der Waals surface area contributed by atoms with Gasteiger partial charge in [-0.2, -0.15) is 0 Å². The fraction of sp³-hybridized carbons (Fsp3) is 0.846. The Morgan fingerprint density at radius 2 is 1.50 bits per heavy atom. The van der Waals surface area contributed by atoms with Crippen molar-refractivity contribution in [1.29, 1.82) is 0 Å². The third kappa shape index (κ3) is 6.60. The Labute approximate surface area is 121 Å². The standard InChI is InChI=1S/C13H26O6Si/c1-5-17-20(18-6-2,19-7-3)10-8-9-12(11(4)14)13(15)16/h12H,5-10H2,1-4H3,(H,15,16). The van der Waals surface area contributed by atoms with Crippen LogP contribution in [0.5, 0.6) is 0 Å². The number of Topliss-reactive ketones (excluding diaryl/α,β-unsaturated/α-hetero) is 1. The number of carboxylic acid groups (broad SMARTS) is 1. The first kappa shape index (κ1) is 19.2. The molecule has 20 heavy (non-hydrogen) atoms. The highest BCUT2D eigenvalue weighted by Gasteiger charge is 2.40. The largest absolute Gasteiger partial charge is 0.500 e. The number of hydrogen-bond donors (Lipinski definition) is 1. The fourth-order valence-corrected chi connectivity index (χ4v) is 4.66. The number of carboxylic acids is 1. The lowest BCUT2D eigenvalue weighted by Crippen LogP contribution is -2.46. The Morgan fingerprint density at radius 1 is 1.05 bits per heavy atom. The Bertz CT molecular complexity index is 276. The molecule has 0 rings (SSSR count). The van der Waals surface area contributed by atoms with Gasteiger partial charge in [0, 0.05) is 25.9 Å². The van der Waals surface area contributed by atoms with Crippen LogP contribution >= 0.6 is 0 Å². The molecule has 0 aromatic carbocycles. The average molecular weight is 306 g/mol. The summed E-state index contributed by atoms with van der Waals surface area (Å²) < 4.78 is 17.0. The Kier molecular flexibility index (Phi) is 9.65. The zero-order valence-electron chi connectivity index (χ0n) is 12.8. The normalized spacial score (nSPS) is 13.2. The topological polar surface area (TPSA) is 82.1 Å². The molecule has 0 fully saturated rings. The quantitative estimate of drug-likeness (QED) is 0.439. The van der Waals surface area contributed by atoms with Crippen molar-refractivity contribution in [1.82, 2.24) is 0 Å². The van der Waals surface area contributed by atoms with E-state index in [0.717, 1.165) is 0 Å². The molecule has 6 nitrogen and oxygen atoms in total. The van der Waals surface area contributed by atoms with Crippen molar-refractivity contribution in [3.05, 3.63) is 0 Å². The van der Waals surface area contributed by atoms with E-state index in [-0.39, 0.29) is 12.2 Å². The van der Waals surface area contributed by atoms with Gasteiger partial charge in [-0.15, -0.1) is 0 Å². The van der Waals surface area contributed by atoms with E-state index in [0.29, 0.717) is 32.3 Å². The summed E-state index contributed by atoms with van der Waals surface area (Å²) in [5.74, 6) is -2.35. The van der Waals surface area contributed by atoms with E-state index in [1.54, 1.807) is 0 Å². The molecule has 0 radical (unpaired) electrons. The molecule has 1 atom stereocenters. The molecule has 0 spiro atoms. The summed E-state index contributed by atoms with van der Waals surface area (Å²) in [6, 6.07) is 0.527. The Balaban J connectivity index is 4.58.